The summed E-state index contributed by atoms with van der Waals surface area (Å²) in [5.74, 6) is -1.07. The molecule has 1 unspecified atom stereocenters. The lowest BCUT2D eigenvalue weighted by Gasteiger charge is -2.19. The van der Waals surface area contributed by atoms with Gasteiger partial charge in [-0.1, -0.05) is 35.3 Å². The Hall–Kier alpha value is -2.46. The number of carbonyl (C=O) groups is 1. The summed E-state index contributed by atoms with van der Waals surface area (Å²) >= 11 is 12.7. The van der Waals surface area contributed by atoms with E-state index < -0.39 is 17.8 Å². The van der Waals surface area contributed by atoms with E-state index in [1.54, 1.807) is 36.4 Å². The highest BCUT2D eigenvalue weighted by Gasteiger charge is 2.23. The van der Waals surface area contributed by atoms with Crippen molar-refractivity contribution in [3.05, 3.63) is 85.5 Å². The molecule has 1 aromatic carbocycles. The van der Waals surface area contributed by atoms with E-state index in [9.17, 15) is 9.18 Å². The predicted octanol–water partition coefficient (Wildman–Crippen LogP) is 4.98. The van der Waals surface area contributed by atoms with Gasteiger partial charge in [0.1, 0.15) is 22.5 Å². The highest BCUT2D eigenvalue weighted by atomic mass is 35.5. The van der Waals surface area contributed by atoms with Gasteiger partial charge < -0.3 is 5.32 Å². The first kappa shape index (κ1) is 18.3. The topological polar surface area (TPSA) is 65.8 Å². The molecule has 2 aromatic heterocycles. The number of amides is 1. The molecule has 3 aromatic rings. The lowest BCUT2D eigenvalue weighted by molar-refractivity contribution is 0.0946. The Bertz CT molecular complexity index is 998. The van der Waals surface area contributed by atoms with Crippen LogP contribution in [0.15, 0.2) is 48.7 Å². The van der Waals surface area contributed by atoms with Crippen molar-refractivity contribution in [2.75, 3.05) is 0 Å². The molecule has 26 heavy (non-hydrogen) atoms. The number of thiophene rings is 1. The number of hydrogen-bond donors (Lipinski definition) is 1. The number of aromatic nitrogens is 1. The van der Waals surface area contributed by atoms with E-state index in [1.807, 2.05) is 6.07 Å². The summed E-state index contributed by atoms with van der Waals surface area (Å²) in [6.07, 6.45) is 1.31. The third kappa shape index (κ3) is 4.02. The van der Waals surface area contributed by atoms with Crippen LogP contribution in [0.25, 0.3) is 0 Å². The van der Waals surface area contributed by atoms with Crippen molar-refractivity contribution in [1.29, 1.82) is 5.26 Å². The number of carbonyl (C=O) groups excluding carboxylic acids is 1. The maximum absolute atomic E-state index is 14.4. The minimum atomic E-state index is -0.843. The number of nitrogens with one attached hydrogen (secondary N) is 1. The minimum absolute atomic E-state index is 0.0298. The SMILES string of the molecule is N#Cc1ccc(C(=O)NC(c2ccc(Cl)cc2)c2ncc(Cl)cc2F)s1. The fourth-order valence-corrected chi connectivity index (χ4v) is 3.30. The van der Waals surface area contributed by atoms with Crippen molar-refractivity contribution in [1.82, 2.24) is 10.3 Å². The van der Waals surface area contributed by atoms with Gasteiger partial charge in [-0.25, -0.2) is 4.39 Å². The summed E-state index contributed by atoms with van der Waals surface area (Å²) in [5, 5.41) is 12.3. The van der Waals surface area contributed by atoms with Crippen LogP contribution in [0.2, 0.25) is 10.0 Å². The first-order chi connectivity index (χ1) is 12.5. The minimum Gasteiger partial charge on any atom is -0.339 e. The van der Waals surface area contributed by atoms with Gasteiger partial charge in [-0.3, -0.25) is 9.78 Å². The van der Waals surface area contributed by atoms with E-state index in [-0.39, 0.29) is 10.7 Å². The smallest absolute Gasteiger partial charge is 0.262 e. The van der Waals surface area contributed by atoms with E-state index in [0.29, 0.717) is 20.3 Å². The Kier molecular flexibility index (Phi) is 5.52. The van der Waals surface area contributed by atoms with Crippen molar-refractivity contribution >= 4 is 40.4 Å². The van der Waals surface area contributed by atoms with Crippen LogP contribution in [0.4, 0.5) is 4.39 Å². The molecule has 1 amide bonds. The summed E-state index contributed by atoms with van der Waals surface area (Å²) in [6.45, 7) is 0. The third-order valence-electron chi connectivity index (χ3n) is 3.53. The van der Waals surface area contributed by atoms with Gasteiger partial charge in [-0.15, -0.1) is 11.3 Å². The fraction of sp³-hybridized carbons (Fsp3) is 0.0556. The molecular weight excluding hydrogens is 396 g/mol. The number of rotatable bonds is 4. The first-order valence-corrected chi connectivity index (χ1v) is 8.92. The lowest BCUT2D eigenvalue weighted by atomic mass is 10.0. The van der Waals surface area contributed by atoms with Crippen LogP contribution in [-0.2, 0) is 0 Å². The molecule has 2 heterocycles. The van der Waals surface area contributed by atoms with Gasteiger partial charge >= 0.3 is 0 Å². The summed E-state index contributed by atoms with van der Waals surface area (Å²) in [5.41, 5.74) is 0.635. The molecule has 8 heteroatoms. The van der Waals surface area contributed by atoms with Crippen LogP contribution in [0.3, 0.4) is 0 Å². The molecule has 0 radical (unpaired) electrons. The fourth-order valence-electron chi connectivity index (χ4n) is 2.32. The largest absolute Gasteiger partial charge is 0.339 e. The van der Waals surface area contributed by atoms with Crippen molar-refractivity contribution in [2.24, 2.45) is 0 Å². The zero-order valence-corrected chi connectivity index (χ0v) is 15.4. The summed E-state index contributed by atoms with van der Waals surface area (Å²) in [7, 11) is 0. The Morgan fingerprint density at radius 2 is 1.92 bits per heavy atom. The van der Waals surface area contributed by atoms with Crippen LogP contribution in [-0.4, -0.2) is 10.9 Å². The van der Waals surface area contributed by atoms with Crippen LogP contribution in [0, 0.1) is 17.1 Å². The Labute approximate surface area is 162 Å². The number of pyridine rings is 1. The maximum Gasteiger partial charge on any atom is 0.262 e. The molecule has 1 atom stereocenters. The standard InChI is InChI=1S/C18H10Cl2FN3OS/c19-11-3-1-10(2-4-11)16(17-14(21)7-12(20)9-23-17)24-18(25)15-6-5-13(8-22)26-15/h1-7,9,16H,(H,24,25). The van der Waals surface area contributed by atoms with Crippen LogP contribution in [0.5, 0.6) is 0 Å². The van der Waals surface area contributed by atoms with Gasteiger partial charge in [0.15, 0.2) is 0 Å². The summed E-state index contributed by atoms with van der Waals surface area (Å²) in [4.78, 5) is 17.4. The molecular formula is C18H10Cl2FN3OS. The van der Waals surface area contributed by atoms with Crippen LogP contribution in [0.1, 0.15) is 31.8 Å². The zero-order chi connectivity index (χ0) is 18.7. The predicted molar refractivity (Wildman–Crippen MR) is 99.0 cm³/mol. The van der Waals surface area contributed by atoms with E-state index >= 15 is 0 Å². The van der Waals surface area contributed by atoms with Gasteiger partial charge in [0, 0.05) is 11.2 Å². The molecule has 0 saturated carbocycles. The van der Waals surface area contributed by atoms with Crippen molar-refractivity contribution in [3.8, 4) is 6.07 Å². The molecule has 0 spiro atoms. The van der Waals surface area contributed by atoms with E-state index in [1.165, 1.54) is 6.20 Å². The molecule has 3 rings (SSSR count). The summed E-state index contributed by atoms with van der Waals surface area (Å²) < 4.78 is 14.4. The monoisotopic (exact) mass is 405 g/mol. The molecule has 4 nitrogen and oxygen atoms in total. The quantitative estimate of drug-likeness (QED) is 0.665. The normalized spacial score (nSPS) is 11.6. The molecule has 0 aliphatic carbocycles. The molecule has 0 aliphatic rings. The average molecular weight is 406 g/mol. The van der Waals surface area contributed by atoms with Crippen LogP contribution >= 0.6 is 34.5 Å². The van der Waals surface area contributed by atoms with Crippen molar-refractivity contribution < 1.29 is 9.18 Å². The average Bonchev–Trinajstić information content (AvgIpc) is 3.10. The Morgan fingerprint density at radius 3 is 2.54 bits per heavy atom. The second-order valence-corrected chi connectivity index (χ2v) is 7.21. The zero-order valence-electron chi connectivity index (χ0n) is 13.0. The van der Waals surface area contributed by atoms with E-state index in [0.717, 1.165) is 17.4 Å². The number of halogens is 3. The second kappa shape index (κ2) is 7.83. The van der Waals surface area contributed by atoms with Gasteiger partial charge in [0.05, 0.1) is 15.9 Å². The second-order valence-electron chi connectivity index (χ2n) is 5.25. The maximum atomic E-state index is 14.4. The molecule has 0 bridgehead atoms. The highest BCUT2D eigenvalue weighted by molar-refractivity contribution is 7.14. The van der Waals surface area contributed by atoms with Gasteiger partial charge in [0.25, 0.3) is 5.91 Å². The third-order valence-corrected chi connectivity index (χ3v) is 4.98. The van der Waals surface area contributed by atoms with Gasteiger partial charge in [-0.05, 0) is 35.9 Å². The van der Waals surface area contributed by atoms with Crippen molar-refractivity contribution in [3.63, 3.8) is 0 Å². The number of nitriles is 1. The van der Waals surface area contributed by atoms with Crippen LogP contribution < -0.4 is 5.32 Å². The number of hydrogen-bond acceptors (Lipinski definition) is 4. The van der Waals surface area contributed by atoms with Gasteiger partial charge in [-0.2, -0.15) is 5.26 Å². The highest BCUT2D eigenvalue weighted by Crippen LogP contribution is 2.27. The first-order valence-electron chi connectivity index (χ1n) is 7.35. The Morgan fingerprint density at radius 1 is 1.19 bits per heavy atom. The Balaban J connectivity index is 1.98. The van der Waals surface area contributed by atoms with E-state index in [2.05, 4.69) is 10.3 Å². The number of nitrogens with zero attached hydrogens (tertiary/aromatic N) is 2. The summed E-state index contributed by atoms with van der Waals surface area (Å²) in [6, 6.07) is 12.0. The molecule has 0 aliphatic heterocycles. The molecule has 130 valence electrons. The van der Waals surface area contributed by atoms with Crippen molar-refractivity contribution in [2.45, 2.75) is 6.04 Å². The molecule has 1 N–H and O–H groups in total. The van der Waals surface area contributed by atoms with E-state index in [4.69, 9.17) is 28.5 Å². The molecule has 0 saturated heterocycles. The molecule has 0 fully saturated rings. The number of benzene rings is 1. The lowest BCUT2D eigenvalue weighted by Crippen LogP contribution is -2.30. The van der Waals surface area contributed by atoms with Gasteiger partial charge in [0.2, 0.25) is 0 Å².